The first-order chi connectivity index (χ1) is 22.8. The molecule has 0 unspecified atom stereocenters. The molecule has 1 heterocycles. The third-order valence-corrected chi connectivity index (χ3v) is 9.06. The van der Waals surface area contributed by atoms with Gasteiger partial charge in [0.05, 0.1) is 5.69 Å². The average molecular weight is 588 g/mol. The molecule has 46 heavy (non-hydrogen) atoms. The van der Waals surface area contributed by atoms with Crippen molar-refractivity contribution in [1.82, 2.24) is 0 Å². The van der Waals surface area contributed by atoms with Crippen LogP contribution in [-0.2, 0) is 0 Å². The van der Waals surface area contributed by atoms with E-state index in [2.05, 4.69) is 169 Å². The van der Waals surface area contributed by atoms with Crippen LogP contribution in [0.15, 0.2) is 180 Å². The largest absolute Gasteiger partial charge is 0.456 e. The Balaban J connectivity index is 1.29. The summed E-state index contributed by atoms with van der Waals surface area (Å²) < 4.78 is 6.28. The van der Waals surface area contributed by atoms with E-state index in [0.717, 1.165) is 39.0 Å². The van der Waals surface area contributed by atoms with Crippen molar-refractivity contribution >= 4 is 60.5 Å². The number of hydrogen-bond acceptors (Lipinski definition) is 2. The second kappa shape index (κ2) is 10.8. The molecule has 216 valence electrons. The second-order valence-electron chi connectivity index (χ2n) is 11.7. The fourth-order valence-corrected chi connectivity index (χ4v) is 6.88. The summed E-state index contributed by atoms with van der Waals surface area (Å²) in [6.45, 7) is 0. The van der Waals surface area contributed by atoms with Crippen LogP contribution in [-0.4, -0.2) is 0 Å². The molecule has 0 bridgehead atoms. The lowest BCUT2D eigenvalue weighted by molar-refractivity contribution is 0.669. The van der Waals surface area contributed by atoms with Crippen molar-refractivity contribution in [1.29, 1.82) is 0 Å². The minimum Gasteiger partial charge on any atom is -0.456 e. The fraction of sp³-hybridized carbons (Fsp3) is 0. The molecule has 8 aromatic carbocycles. The summed E-state index contributed by atoms with van der Waals surface area (Å²) in [6.07, 6.45) is 0. The van der Waals surface area contributed by atoms with Crippen LogP contribution in [0.1, 0.15) is 0 Å². The summed E-state index contributed by atoms with van der Waals surface area (Å²) in [5.74, 6) is 0. The summed E-state index contributed by atoms with van der Waals surface area (Å²) in [5.41, 5.74) is 9.97. The highest BCUT2D eigenvalue weighted by molar-refractivity contribution is 6.19. The number of rotatable bonds is 5. The Morgan fingerprint density at radius 1 is 0.370 bits per heavy atom. The molecular weight excluding hydrogens is 558 g/mol. The van der Waals surface area contributed by atoms with Crippen LogP contribution in [0.4, 0.5) is 17.1 Å². The van der Waals surface area contributed by atoms with E-state index in [1.807, 2.05) is 12.1 Å². The SMILES string of the molecule is c1ccc(-c2ccc(N(c3ccc4ccc5oc6ccccc6c5c4c3)c3ccc(-c4ccccc4)c4ccccc34)cc2)cc1. The number of para-hydroxylation sites is 1. The van der Waals surface area contributed by atoms with Gasteiger partial charge in [-0.3, -0.25) is 0 Å². The van der Waals surface area contributed by atoms with Gasteiger partial charge in [0.15, 0.2) is 0 Å². The summed E-state index contributed by atoms with van der Waals surface area (Å²) in [5, 5.41) is 7.07. The van der Waals surface area contributed by atoms with Crippen molar-refractivity contribution < 1.29 is 4.42 Å². The normalized spacial score (nSPS) is 11.5. The van der Waals surface area contributed by atoms with Crippen LogP contribution < -0.4 is 4.90 Å². The molecule has 1 aromatic heterocycles. The molecule has 9 rings (SSSR count). The zero-order valence-corrected chi connectivity index (χ0v) is 25.1. The van der Waals surface area contributed by atoms with Gasteiger partial charge in [-0.1, -0.05) is 133 Å². The molecule has 0 aliphatic rings. The van der Waals surface area contributed by atoms with Crippen LogP contribution in [0.3, 0.4) is 0 Å². The van der Waals surface area contributed by atoms with E-state index in [4.69, 9.17) is 4.42 Å². The highest BCUT2D eigenvalue weighted by atomic mass is 16.3. The lowest BCUT2D eigenvalue weighted by atomic mass is 9.96. The van der Waals surface area contributed by atoms with Crippen molar-refractivity contribution in [2.45, 2.75) is 0 Å². The number of furan rings is 1. The summed E-state index contributed by atoms with van der Waals surface area (Å²) in [7, 11) is 0. The molecule has 0 atom stereocenters. The third-order valence-electron chi connectivity index (χ3n) is 9.06. The fourth-order valence-electron chi connectivity index (χ4n) is 6.88. The third kappa shape index (κ3) is 4.35. The number of hydrogen-bond donors (Lipinski definition) is 0. The van der Waals surface area contributed by atoms with Crippen molar-refractivity contribution in [3.63, 3.8) is 0 Å². The van der Waals surface area contributed by atoms with Gasteiger partial charge in [-0.2, -0.15) is 0 Å². The average Bonchev–Trinajstić information content (AvgIpc) is 3.52. The van der Waals surface area contributed by atoms with Crippen LogP contribution in [0, 0.1) is 0 Å². The molecule has 0 N–H and O–H groups in total. The van der Waals surface area contributed by atoms with Gasteiger partial charge >= 0.3 is 0 Å². The van der Waals surface area contributed by atoms with Crippen LogP contribution in [0.25, 0.3) is 65.7 Å². The van der Waals surface area contributed by atoms with E-state index in [0.29, 0.717) is 0 Å². The van der Waals surface area contributed by atoms with E-state index in [1.165, 1.54) is 43.8 Å². The van der Waals surface area contributed by atoms with Crippen molar-refractivity contribution in [3.05, 3.63) is 176 Å². The lowest BCUT2D eigenvalue weighted by Gasteiger charge is -2.28. The first-order valence-electron chi connectivity index (χ1n) is 15.7. The van der Waals surface area contributed by atoms with E-state index >= 15 is 0 Å². The Labute approximate surface area is 267 Å². The van der Waals surface area contributed by atoms with Gasteiger partial charge in [0, 0.05) is 27.5 Å². The van der Waals surface area contributed by atoms with Gasteiger partial charge in [0.2, 0.25) is 0 Å². The first kappa shape index (κ1) is 26.3. The molecule has 2 heteroatoms. The number of benzene rings is 8. The maximum absolute atomic E-state index is 6.28. The Bertz CT molecular complexity index is 2510. The molecule has 0 fully saturated rings. The molecular formula is C44H29NO. The van der Waals surface area contributed by atoms with E-state index in [1.54, 1.807) is 0 Å². The zero-order chi connectivity index (χ0) is 30.5. The topological polar surface area (TPSA) is 16.4 Å². The quantitative estimate of drug-likeness (QED) is 0.199. The van der Waals surface area contributed by atoms with Gasteiger partial charge in [-0.25, -0.2) is 0 Å². The molecule has 0 saturated heterocycles. The highest BCUT2D eigenvalue weighted by Gasteiger charge is 2.19. The van der Waals surface area contributed by atoms with Crippen LogP contribution in [0.5, 0.6) is 0 Å². The molecule has 2 nitrogen and oxygen atoms in total. The van der Waals surface area contributed by atoms with Gasteiger partial charge in [0.1, 0.15) is 11.2 Å². The summed E-state index contributed by atoms with van der Waals surface area (Å²) in [6, 6.07) is 62.8. The van der Waals surface area contributed by atoms with Gasteiger partial charge in [0.25, 0.3) is 0 Å². The van der Waals surface area contributed by atoms with Gasteiger partial charge in [-0.05, 0) is 80.9 Å². The molecule has 0 radical (unpaired) electrons. The van der Waals surface area contributed by atoms with Crippen LogP contribution in [0.2, 0.25) is 0 Å². The summed E-state index contributed by atoms with van der Waals surface area (Å²) >= 11 is 0. The molecule has 0 aliphatic carbocycles. The van der Waals surface area contributed by atoms with E-state index < -0.39 is 0 Å². The standard InChI is InChI=1S/C44H29NO/c1-3-11-30(12-4-1)31-19-23-34(24-20-31)45(41-27-26-36(32-13-5-2-6-14-32)37-15-7-8-16-38(37)41)35-25-21-33-22-28-43-44(40(33)29-35)39-17-9-10-18-42(39)46-43/h1-29H. The van der Waals surface area contributed by atoms with Crippen molar-refractivity contribution in [3.8, 4) is 22.3 Å². The van der Waals surface area contributed by atoms with E-state index in [9.17, 15) is 0 Å². The lowest BCUT2D eigenvalue weighted by Crippen LogP contribution is -2.10. The van der Waals surface area contributed by atoms with Gasteiger partial charge < -0.3 is 9.32 Å². The molecule has 0 amide bonds. The van der Waals surface area contributed by atoms with E-state index in [-0.39, 0.29) is 0 Å². The van der Waals surface area contributed by atoms with Crippen LogP contribution >= 0.6 is 0 Å². The molecule has 9 aromatic rings. The summed E-state index contributed by atoms with van der Waals surface area (Å²) in [4.78, 5) is 2.40. The Morgan fingerprint density at radius 3 is 1.76 bits per heavy atom. The Morgan fingerprint density at radius 2 is 0.978 bits per heavy atom. The maximum Gasteiger partial charge on any atom is 0.136 e. The van der Waals surface area contributed by atoms with Crippen molar-refractivity contribution in [2.24, 2.45) is 0 Å². The highest BCUT2D eigenvalue weighted by Crippen LogP contribution is 2.44. The number of fused-ring (bicyclic) bond motifs is 6. The molecule has 0 saturated carbocycles. The monoisotopic (exact) mass is 587 g/mol. The maximum atomic E-state index is 6.28. The zero-order valence-electron chi connectivity index (χ0n) is 25.1. The molecule has 0 aliphatic heterocycles. The number of nitrogens with zero attached hydrogens (tertiary/aromatic N) is 1. The predicted octanol–water partition coefficient (Wildman–Crippen LogP) is 12.7. The number of anilines is 3. The smallest absolute Gasteiger partial charge is 0.136 e. The Hall–Kier alpha value is -6.12. The van der Waals surface area contributed by atoms with Crippen molar-refractivity contribution in [2.75, 3.05) is 4.90 Å². The molecule has 0 spiro atoms. The predicted molar refractivity (Wildman–Crippen MR) is 194 cm³/mol. The van der Waals surface area contributed by atoms with Gasteiger partial charge in [-0.15, -0.1) is 0 Å². The minimum atomic E-state index is 0.905. The minimum absolute atomic E-state index is 0.905. The second-order valence-corrected chi connectivity index (χ2v) is 11.7. The first-order valence-corrected chi connectivity index (χ1v) is 15.7. The Kier molecular flexibility index (Phi) is 6.17.